The molecule has 1 saturated heterocycles. The highest BCUT2D eigenvalue weighted by Gasteiger charge is 2.35. The van der Waals surface area contributed by atoms with Crippen LogP contribution in [-0.2, 0) is 6.42 Å². The predicted octanol–water partition coefficient (Wildman–Crippen LogP) is 2.92. The summed E-state index contributed by atoms with van der Waals surface area (Å²) in [6, 6.07) is 5.28. The highest BCUT2D eigenvalue weighted by Crippen LogP contribution is 2.40. The Bertz CT molecular complexity index is 799. The van der Waals surface area contributed by atoms with E-state index in [9.17, 15) is 4.79 Å². The van der Waals surface area contributed by atoms with Gasteiger partial charge in [0.1, 0.15) is 5.69 Å². The molecule has 26 heavy (non-hydrogen) atoms. The van der Waals surface area contributed by atoms with Crippen LogP contribution in [0, 0.1) is 5.41 Å². The Hall–Kier alpha value is -2.50. The number of hydrogen-bond acceptors (Lipinski definition) is 5. The lowest BCUT2D eigenvalue weighted by Crippen LogP contribution is -2.37. The molecule has 2 aromatic heterocycles. The van der Waals surface area contributed by atoms with Gasteiger partial charge in [0.15, 0.2) is 0 Å². The fraction of sp³-hybridized carbons (Fsp3) is 0.500. The number of anilines is 1. The van der Waals surface area contributed by atoms with E-state index in [1.165, 1.54) is 12.8 Å². The summed E-state index contributed by atoms with van der Waals surface area (Å²) in [5.41, 5.74) is 2.61. The third-order valence-electron chi connectivity index (χ3n) is 5.26. The van der Waals surface area contributed by atoms with E-state index in [2.05, 4.69) is 34.0 Å². The van der Waals surface area contributed by atoms with Crippen molar-refractivity contribution in [3.05, 3.63) is 47.5 Å². The Morgan fingerprint density at radius 3 is 2.77 bits per heavy atom. The molecule has 1 amide bonds. The van der Waals surface area contributed by atoms with Crippen LogP contribution in [0.15, 0.2) is 30.6 Å². The molecule has 136 valence electrons. The van der Waals surface area contributed by atoms with Gasteiger partial charge in [-0.3, -0.25) is 9.78 Å². The maximum absolute atomic E-state index is 12.6. The Morgan fingerprint density at radius 1 is 1.23 bits per heavy atom. The van der Waals surface area contributed by atoms with Crippen molar-refractivity contribution in [3.8, 4) is 0 Å². The number of pyridine rings is 1. The Kier molecular flexibility index (Phi) is 4.34. The van der Waals surface area contributed by atoms with Gasteiger partial charge in [0.2, 0.25) is 5.95 Å². The summed E-state index contributed by atoms with van der Waals surface area (Å²) < 4.78 is 0. The molecule has 3 heterocycles. The second-order valence-electron chi connectivity index (χ2n) is 8.05. The summed E-state index contributed by atoms with van der Waals surface area (Å²) in [5, 5.41) is 3.14. The van der Waals surface area contributed by atoms with Crippen LogP contribution in [-0.4, -0.2) is 33.9 Å². The fourth-order valence-corrected chi connectivity index (χ4v) is 3.96. The van der Waals surface area contributed by atoms with Gasteiger partial charge in [-0.1, -0.05) is 19.9 Å². The number of nitrogens with zero attached hydrogens (tertiary/aromatic N) is 4. The maximum atomic E-state index is 12.6. The summed E-state index contributed by atoms with van der Waals surface area (Å²) in [7, 11) is 0. The molecule has 0 spiro atoms. The van der Waals surface area contributed by atoms with Gasteiger partial charge in [-0.05, 0) is 43.2 Å². The van der Waals surface area contributed by atoms with Gasteiger partial charge in [-0.15, -0.1) is 0 Å². The standard InChI is InChI=1S/C20H25N5O/c1-20(2)11-16(23-18(26)15-7-3-4-8-21-15)14-13-22-19(24-17(14)12-20)25-9-5-6-10-25/h3-4,7-8,13,16H,5-6,9-12H2,1-2H3,(H,23,26)/t16-/m0/s1. The van der Waals surface area contributed by atoms with Gasteiger partial charge in [-0.2, -0.15) is 0 Å². The molecule has 1 aliphatic heterocycles. The number of fused-ring (bicyclic) bond motifs is 1. The van der Waals surface area contributed by atoms with E-state index in [0.29, 0.717) is 5.69 Å². The van der Waals surface area contributed by atoms with E-state index in [4.69, 9.17) is 4.98 Å². The number of amides is 1. The van der Waals surface area contributed by atoms with Crippen molar-refractivity contribution >= 4 is 11.9 Å². The first-order valence-corrected chi connectivity index (χ1v) is 9.34. The van der Waals surface area contributed by atoms with Crippen molar-refractivity contribution in [1.29, 1.82) is 0 Å². The normalized spacial score (nSPS) is 21.3. The van der Waals surface area contributed by atoms with E-state index in [0.717, 1.165) is 43.1 Å². The first kappa shape index (κ1) is 16.9. The molecule has 6 nitrogen and oxygen atoms in total. The molecule has 0 unspecified atom stereocenters. The highest BCUT2D eigenvalue weighted by atomic mass is 16.1. The van der Waals surface area contributed by atoms with Crippen molar-refractivity contribution in [2.24, 2.45) is 5.41 Å². The van der Waals surface area contributed by atoms with E-state index < -0.39 is 0 Å². The van der Waals surface area contributed by atoms with E-state index in [1.807, 2.05) is 18.3 Å². The molecule has 1 N–H and O–H groups in total. The highest BCUT2D eigenvalue weighted by molar-refractivity contribution is 5.92. The van der Waals surface area contributed by atoms with Crippen molar-refractivity contribution in [1.82, 2.24) is 20.3 Å². The molecule has 2 aromatic rings. The second-order valence-corrected chi connectivity index (χ2v) is 8.05. The van der Waals surface area contributed by atoms with Gasteiger partial charge < -0.3 is 10.2 Å². The van der Waals surface area contributed by atoms with Crippen LogP contribution in [0.1, 0.15) is 60.9 Å². The largest absolute Gasteiger partial charge is 0.344 e. The van der Waals surface area contributed by atoms with Crippen molar-refractivity contribution in [2.75, 3.05) is 18.0 Å². The first-order valence-electron chi connectivity index (χ1n) is 9.34. The summed E-state index contributed by atoms with van der Waals surface area (Å²) in [6.45, 7) is 6.52. The smallest absolute Gasteiger partial charge is 0.270 e. The third kappa shape index (κ3) is 3.41. The quantitative estimate of drug-likeness (QED) is 0.921. The summed E-state index contributed by atoms with van der Waals surface area (Å²) in [4.78, 5) is 28.5. The topological polar surface area (TPSA) is 71.0 Å². The summed E-state index contributed by atoms with van der Waals surface area (Å²) >= 11 is 0. The van der Waals surface area contributed by atoms with Crippen molar-refractivity contribution < 1.29 is 4.79 Å². The minimum absolute atomic E-state index is 0.0751. The number of hydrogen-bond donors (Lipinski definition) is 1. The third-order valence-corrected chi connectivity index (χ3v) is 5.26. The number of aromatic nitrogens is 3. The molecule has 1 aliphatic carbocycles. The first-order chi connectivity index (χ1) is 12.5. The Labute approximate surface area is 154 Å². The molecular formula is C20H25N5O. The number of carbonyl (C=O) groups excluding carboxylic acids is 1. The molecule has 4 rings (SSSR count). The molecule has 0 saturated carbocycles. The zero-order chi connectivity index (χ0) is 18.1. The van der Waals surface area contributed by atoms with E-state index in [-0.39, 0.29) is 17.4 Å². The molecule has 0 aromatic carbocycles. The average Bonchev–Trinajstić information content (AvgIpc) is 3.15. The van der Waals surface area contributed by atoms with Crippen molar-refractivity contribution in [3.63, 3.8) is 0 Å². The van der Waals surface area contributed by atoms with Crippen LogP contribution in [0.25, 0.3) is 0 Å². The maximum Gasteiger partial charge on any atom is 0.270 e. The van der Waals surface area contributed by atoms with Crippen LogP contribution >= 0.6 is 0 Å². The number of rotatable bonds is 3. The van der Waals surface area contributed by atoms with Gasteiger partial charge in [0.05, 0.1) is 11.7 Å². The fourth-order valence-electron chi connectivity index (χ4n) is 3.96. The number of nitrogens with one attached hydrogen (secondary N) is 1. The molecule has 0 radical (unpaired) electrons. The van der Waals surface area contributed by atoms with Gasteiger partial charge in [0.25, 0.3) is 5.91 Å². The van der Waals surface area contributed by atoms with Gasteiger partial charge in [0, 0.05) is 31.0 Å². The second kappa shape index (κ2) is 6.67. The molecule has 6 heteroatoms. The molecular weight excluding hydrogens is 326 g/mol. The van der Waals surface area contributed by atoms with Crippen LogP contribution < -0.4 is 10.2 Å². The minimum atomic E-state index is -0.150. The minimum Gasteiger partial charge on any atom is -0.344 e. The lowest BCUT2D eigenvalue weighted by Gasteiger charge is -2.36. The van der Waals surface area contributed by atoms with Gasteiger partial charge in [-0.25, -0.2) is 9.97 Å². The average molecular weight is 351 g/mol. The number of carbonyl (C=O) groups is 1. The monoisotopic (exact) mass is 351 g/mol. The van der Waals surface area contributed by atoms with Gasteiger partial charge >= 0.3 is 0 Å². The SMILES string of the molecule is CC1(C)Cc2nc(N3CCCC3)ncc2[C@@H](NC(=O)c2ccccn2)C1. The zero-order valence-corrected chi connectivity index (χ0v) is 15.4. The van der Waals surface area contributed by atoms with Crippen LogP contribution in [0.2, 0.25) is 0 Å². The molecule has 1 fully saturated rings. The molecule has 0 bridgehead atoms. The zero-order valence-electron chi connectivity index (χ0n) is 15.4. The van der Waals surface area contributed by atoms with E-state index in [1.54, 1.807) is 12.3 Å². The van der Waals surface area contributed by atoms with Crippen molar-refractivity contribution in [2.45, 2.75) is 45.6 Å². The Balaban J connectivity index is 1.61. The Morgan fingerprint density at radius 2 is 2.04 bits per heavy atom. The van der Waals surface area contributed by atoms with Crippen LogP contribution in [0.4, 0.5) is 5.95 Å². The lowest BCUT2D eigenvalue weighted by molar-refractivity contribution is 0.0914. The van der Waals surface area contributed by atoms with Crippen LogP contribution in [0.3, 0.4) is 0 Å². The summed E-state index contributed by atoms with van der Waals surface area (Å²) in [5.74, 6) is 0.677. The van der Waals surface area contributed by atoms with E-state index >= 15 is 0 Å². The lowest BCUT2D eigenvalue weighted by atomic mass is 9.74. The molecule has 1 atom stereocenters. The predicted molar refractivity (Wildman–Crippen MR) is 100 cm³/mol. The van der Waals surface area contributed by atoms with Crippen LogP contribution in [0.5, 0.6) is 0 Å². The molecule has 2 aliphatic rings. The summed E-state index contributed by atoms with van der Waals surface area (Å²) in [6.07, 6.45) is 7.73.